The minimum atomic E-state index is -0.136. The van der Waals surface area contributed by atoms with Crippen LogP contribution in [0, 0.1) is 0 Å². The van der Waals surface area contributed by atoms with Crippen LogP contribution in [0.5, 0.6) is 5.75 Å². The fraction of sp³-hybridized carbons (Fsp3) is 0.200. The number of nitrogens with zero attached hydrogens (tertiary/aromatic N) is 2. The molecule has 3 aromatic rings. The molecule has 0 aliphatic carbocycles. The molecular formula is C20H21N3O3. The van der Waals surface area contributed by atoms with Gasteiger partial charge in [0.25, 0.3) is 5.91 Å². The van der Waals surface area contributed by atoms with Gasteiger partial charge >= 0.3 is 0 Å². The molecule has 6 heteroatoms. The number of hydrogen-bond donors (Lipinski definition) is 1. The summed E-state index contributed by atoms with van der Waals surface area (Å²) in [7, 11) is 1.73. The second-order valence-corrected chi connectivity index (χ2v) is 5.72. The first-order chi connectivity index (χ1) is 12.7. The molecule has 0 radical (unpaired) electrons. The summed E-state index contributed by atoms with van der Waals surface area (Å²) in [5.41, 5.74) is 1.32. The fourth-order valence-corrected chi connectivity index (χ4v) is 2.53. The zero-order chi connectivity index (χ0) is 18.4. The topological polar surface area (TPSA) is 67.6 Å². The van der Waals surface area contributed by atoms with Gasteiger partial charge in [0.05, 0.1) is 25.0 Å². The van der Waals surface area contributed by atoms with E-state index in [1.165, 1.54) is 0 Å². The molecule has 1 amide bonds. The van der Waals surface area contributed by atoms with E-state index in [-0.39, 0.29) is 5.91 Å². The molecule has 0 saturated carbocycles. The molecule has 26 heavy (non-hydrogen) atoms. The Bertz CT molecular complexity index is 845. The molecule has 0 aliphatic heterocycles. The summed E-state index contributed by atoms with van der Waals surface area (Å²) in [5.74, 6) is 1.90. The van der Waals surface area contributed by atoms with Crippen LogP contribution in [0.4, 0.5) is 11.5 Å². The number of rotatable bonds is 7. The van der Waals surface area contributed by atoms with Crippen LogP contribution >= 0.6 is 0 Å². The van der Waals surface area contributed by atoms with Crippen molar-refractivity contribution >= 4 is 17.4 Å². The molecule has 0 aliphatic rings. The van der Waals surface area contributed by atoms with Crippen molar-refractivity contribution in [1.29, 1.82) is 0 Å². The van der Waals surface area contributed by atoms with Crippen molar-refractivity contribution in [3.63, 3.8) is 0 Å². The van der Waals surface area contributed by atoms with Gasteiger partial charge in [0.15, 0.2) is 0 Å². The summed E-state index contributed by atoms with van der Waals surface area (Å²) in [5, 5.41) is 3.20. The number of furan rings is 1. The van der Waals surface area contributed by atoms with Gasteiger partial charge in [0, 0.05) is 18.9 Å². The molecule has 0 atom stereocenters. The standard InChI is InChI=1S/C20H21N3O3/c1-3-25-16-10-8-15(9-11-16)22-19-18(7-4-12-21-19)20(24)23(2)14-17-6-5-13-26-17/h4-13H,3,14H2,1-2H3,(H,21,22). The molecule has 0 unspecified atom stereocenters. The van der Waals surface area contributed by atoms with Crippen molar-refractivity contribution in [2.45, 2.75) is 13.5 Å². The number of nitrogens with one attached hydrogen (secondary N) is 1. The molecule has 2 heterocycles. The van der Waals surface area contributed by atoms with E-state index in [0.29, 0.717) is 24.5 Å². The second-order valence-electron chi connectivity index (χ2n) is 5.72. The molecule has 0 bridgehead atoms. The zero-order valence-electron chi connectivity index (χ0n) is 14.8. The number of carbonyl (C=O) groups is 1. The minimum absolute atomic E-state index is 0.136. The van der Waals surface area contributed by atoms with E-state index in [1.807, 2.05) is 37.3 Å². The van der Waals surface area contributed by atoms with Gasteiger partial charge in [-0.15, -0.1) is 0 Å². The van der Waals surface area contributed by atoms with E-state index in [4.69, 9.17) is 9.15 Å². The molecular weight excluding hydrogens is 330 g/mol. The Morgan fingerprint density at radius 1 is 1.19 bits per heavy atom. The van der Waals surface area contributed by atoms with Crippen LogP contribution in [-0.2, 0) is 6.54 Å². The number of hydrogen-bond acceptors (Lipinski definition) is 5. The predicted octanol–water partition coefficient (Wildman–Crippen LogP) is 4.09. The molecule has 1 aromatic carbocycles. The number of aromatic nitrogens is 1. The second kappa shape index (κ2) is 8.20. The smallest absolute Gasteiger partial charge is 0.257 e. The number of anilines is 2. The van der Waals surface area contributed by atoms with E-state index < -0.39 is 0 Å². The summed E-state index contributed by atoms with van der Waals surface area (Å²) in [6.45, 7) is 2.95. The Hall–Kier alpha value is -3.28. The molecule has 2 aromatic heterocycles. The summed E-state index contributed by atoms with van der Waals surface area (Å²) < 4.78 is 10.8. The summed E-state index contributed by atoms with van der Waals surface area (Å²) in [6.07, 6.45) is 3.25. The van der Waals surface area contributed by atoms with Gasteiger partial charge in [-0.05, 0) is 55.5 Å². The quantitative estimate of drug-likeness (QED) is 0.694. The first-order valence-corrected chi connectivity index (χ1v) is 8.40. The Morgan fingerprint density at radius 3 is 2.69 bits per heavy atom. The molecule has 0 saturated heterocycles. The van der Waals surface area contributed by atoms with E-state index in [2.05, 4.69) is 10.3 Å². The Balaban J connectivity index is 1.75. The molecule has 1 N–H and O–H groups in total. The van der Waals surface area contributed by atoms with Crippen LogP contribution in [0.1, 0.15) is 23.0 Å². The van der Waals surface area contributed by atoms with Crippen molar-refractivity contribution in [3.05, 3.63) is 72.3 Å². The monoisotopic (exact) mass is 351 g/mol. The average molecular weight is 351 g/mol. The average Bonchev–Trinajstić information content (AvgIpc) is 3.16. The molecule has 6 nitrogen and oxygen atoms in total. The van der Waals surface area contributed by atoms with Gasteiger partial charge in [0.2, 0.25) is 0 Å². The number of ether oxygens (including phenoxy) is 1. The lowest BCUT2D eigenvalue weighted by Gasteiger charge is -2.18. The maximum absolute atomic E-state index is 12.8. The third kappa shape index (κ3) is 4.22. The van der Waals surface area contributed by atoms with Gasteiger partial charge in [-0.3, -0.25) is 4.79 Å². The van der Waals surface area contributed by atoms with Gasteiger partial charge < -0.3 is 19.4 Å². The van der Waals surface area contributed by atoms with Crippen molar-refractivity contribution in [3.8, 4) is 5.75 Å². The van der Waals surface area contributed by atoms with Crippen LogP contribution < -0.4 is 10.1 Å². The third-order valence-electron chi connectivity index (χ3n) is 3.79. The number of benzene rings is 1. The fourth-order valence-electron chi connectivity index (χ4n) is 2.53. The van der Waals surface area contributed by atoms with Gasteiger partial charge in [0.1, 0.15) is 17.3 Å². The summed E-state index contributed by atoms with van der Waals surface area (Å²) >= 11 is 0. The summed E-state index contributed by atoms with van der Waals surface area (Å²) in [4.78, 5) is 18.7. The lowest BCUT2D eigenvalue weighted by atomic mass is 10.2. The summed E-state index contributed by atoms with van der Waals surface area (Å²) in [6, 6.07) is 14.7. The van der Waals surface area contributed by atoms with Crippen molar-refractivity contribution in [2.75, 3.05) is 19.0 Å². The van der Waals surface area contributed by atoms with Gasteiger partial charge in [-0.25, -0.2) is 4.98 Å². The van der Waals surface area contributed by atoms with E-state index in [0.717, 1.165) is 17.2 Å². The van der Waals surface area contributed by atoms with Gasteiger partial charge in [-0.2, -0.15) is 0 Å². The van der Waals surface area contributed by atoms with E-state index >= 15 is 0 Å². The lowest BCUT2D eigenvalue weighted by molar-refractivity contribution is 0.0776. The van der Waals surface area contributed by atoms with Crippen LogP contribution in [0.25, 0.3) is 0 Å². The number of amides is 1. The van der Waals surface area contributed by atoms with Crippen LogP contribution in [0.15, 0.2) is 65.4 Å². The SMILES string of the molecule is CCOc1ccc(Nc2ncccc2C(=O)N(C)Cc2ccco2)cc1. The first-order valence-electron chi connectivity index (χ1n) is 8.40. The predicted molar refractivity (Wildman–Crippen MR) is 99.6 cm³/mol. The Morgan fingerprint density at radius 2 is 2.00 bits per heavy atom. The maximum Gasteiger partial charge on any atom is 0.257 e. The van der Waals surface area contributed by atoms with E-state index in [9.17, 15) is 4.79 Å². The molecule has 0 spiro atoms. The Kier molecular flexibility index (Phi) is 5.53. The van der Waals surface area contributed by atoms with Crippen molar-refractivity contribution in [1.82, 2.24) is 9.88 Å². The van der Waals surface area contributed by atoms with Crippen molar-refractivity contribution < 1.29 is 13.9 Å². The molecule has 134 valence electrons. The maximum atomic E-state index is 12.8. The highest BCUT2D eigenvalue weighted by atomic mass is 16.5. The molecule has 3 rings (SSSR count). The van der Waals surface area contributed by atoms with Crippen LogP contribution in [0.2, 0.25) is 0 Å². The van der Waals surface area contributed by atoms with E-state index in [1.54, 1.807) is 42.6 Å². The largest absolute Gasteiger partial charge is 0.494 e. The highest BCUT2D eigenvalue weighted by Crippen LogP contribution is 2.22. The first kappa shape index (κ1) is 17.5. The zero-order valence-corrected chi connectivity index (χ0v) is 14.8. The Labute approximate surface area is 152 Å². The third-order valence-corrected chi connectivity index (χ3v) is 3.79. The highest BCUT2D eigenvalue weighted by Gasteiger charge is 2.17. The number of pyridine rings is 1. The van der Waals surface area contributed by atoms with Crippen molar-refractivity contribution in [2.24, 2.45) is 0 Å². The van der Waals surface area contributed by atoms with Crippen LogP contribution in [-0.4, -0.2) is 29.4 Å². The van der Waals surface area contributed by atoms with Gasteiger partial charge in [-0.1, -0.05) is 0 Å². The van der Waals surface area contributed by atoms with Crippen LogP contribution in [0.3, 0.4) is 0 Å². The molecule has 0 fully saturated rings. The number of carbonyl (C=O) groups excluding carboxylic acids is 1. The normalized spacial score (nSPS) is 10.4. The minimum Gasteiger partial charge on any atom is -0.494 e. The lowest BCUT2D eigenvalue weighted by Crippen LogP contribution is -2.26. The highest BCUT2D eigenvalue weighted by molar-refractivity contribution is 5.99.